The standard InChI is InChI=1S/C11H16BrNO2S/c1-11(2,3)8(14)6-13-10(15)7-4-5-9(12)16-7/h4-5,8,14H,6H2,1-3H3,(H,13,15). The molecule has 90 valence electrons. The van der Waals surface area contributed by atoms with Gasteiger partial charge in [0.2, 0.25) is 0 Å². The fourth-order valence-corrected chi connectivity index (χ4v) is 2.32. The lowest BCUT2D eigenvalue weighted by atomic mass is 9.89. The third kappa shape index (κ3) is 3.88. The summed E-state index contributed by atoms with van der Waals surface area (Å²) < 4.78 is 0.925. The van der Waals surface area contributed by atoms with E-state index < -0.39 is 6.10 Å². The van der Waals surface area contributed by atoms with Crippen molar-refractivity contribution in [3.8, 4) is 0 Å². The van der Waals surface area contributed by atoms with Gasteiger partial charge in [0.25, 0.3) is 5.91 Å². The largest absolute Gasteiger partial charge is 0.391 e. The van der Waals surface area contributed by atoms with Gasteiger partial charge in [0, 0.05) is 6.54 Å². The lowest BCUT2D eigenvalue weighted by Crippen LogP contribution is -2.38. The number of hydrogen-bond acceptors (Lipinski definition) is 3. The maximum absolute atomic E-state index is 11.7. The highest BCUT2D eigenvalue weighted by molar-refractivity contribution is 9.11. The normalized spacial score (nSPS) is 13.6. The average molecular weight is 306 g/mol. The van der Waals surface area contributed by atoms with Crippen molar-refractivity contribution in [3.05, 3.63) is 20.8 Å². The minimum absolute atomic E-state index is 0.140. The zero-order valence-corrected chi connectivity index (χ0v) is 12.0. The van der Waals surface area contributed by atoms with Gasteiger partial charge in [-0.05, 0) is 33.5 Å². The molecular weight excluding hydrogens is 290 g/mol. The molecule has 1 aromatic rings. The van der Waals surface area contributed by atoms with Crippen LogP contribution in [0.4, 0.5) is 0 Å². The van der Waals surface area contributed by atoms with Crippen molar-refractivity contribution in [3.63, 3.8) is 0 Å². The zero-order valence-electron chi connectivity index (χ0n) is 9.58. The molecule has 0 fully saturated rings. The van der Waals surface area contributed by atoms with Crippen molar-refractivity contribution in [1.82, 2.24) is 5.32 Å². The van der Waals surface area contributed by atoms with E-state index in [1.165, 1.54) is 11.3 Å². The lowest BCUT2D eigenvalue weighted by molar-refractivity contribution is 0.0588. The number of halogens is 1. The second-order valence-electron chi connectivity index (χ2n) is 4.70. The average Bonchev–Trinajstić information content (AvgIpc) is 2.59. The molecule has 0 aromatic carbocycles. The highest BCUT2D eigenvalue weighted by atomic mass is 79.9. The molecule has 0 aliphatic carbocycles. The molecule has 0 spiro atoms. The van der Waals surface area contributed by atoms with Gasteiger partial charge in [-0.2, -0.15) is 0 Å². The molecule has 0 aliphatic heterocycles. The topological polar surface area (TPSA) is 49.3 Å². The molecule has 2 N–H and O–H groups in total. The van der Waals surface area contributed by atoms with Gasteiger partial charge in [0.15, 0.2) is 0 Å². The Morgan fingerprint density at radius 3 is 2.62 bits per heavy atom. The van der Waals surface area contributed by atoms with Crippen LogP contribution >= 0.6 is 27.3 Å². The number of rotatable bonds is 3. The highest BCUT2D eigenvalue weighted by Crippen LogP contribution is 2.22. The number of aliphatic hydroxyl groups excluding tert-OH is 1. The van der Waals surface area contributed by atoms with Crippen LogP contribution in [0.5, 0.6) is 0 Å². The SMILES string of the molecule is CC(C)(C)C(O)CNC(=O)c1ccc(Br)s1. The summed E-state index contributed by atoms with van der Waals surface area (Å²) in [5.74, 6) is -0.140. The Hall–Kier alpha value is -0.390. The van der Waals surface area contributed by atoms with E-state index in [0.29, 0.717) is 4.88 Å². The predicted molar refractivity (Wildman–Crippen MR) is 69.8 cm³/mol. The van der Waals surface area contributed by atoms with Crippen LogP contribution in [0.1, 0.15) is 30.4 Å². The monoisotopic (exact) mass is 305 g/mol. The molecule has 1 atom stereocenters. The number of aliphatic hydroxyl groups is 1. The Kier molecular flexibility index (Phi) is 4.52. The molecule has 1 amide bonds. The molecule has 0 radical (unpaired) electrons. The summed E-state index contributed by atoms with van der Waals surface area (Å²) in [7, 11) is 0. The molecule has 3 nitrogen and oxygen atoms in total. The third-order valence-electron chi connectivity index (χ3n) is 2.25. The van der Waals surface area contributed by atoms with E-state index in [-0.39, 0.29) is 17.9 Å². The maximum Gasteiger partial charge on any atom is 0.261 e. The summed E-state index contributed by atoms with van der Waals surface area (Å²) in [5, 5.41) is 12.5. The summed E-state index contributed by atoms with van der Waals surface area (Å²) in [6.45, 7) is 6.08. The van der Waals surface area contributed by atoms with Crippen LogP contribution in [0.3, 0.4) is 0 Å². The van der Waals surface area contributed by atoms with Gasteiger partial charge in [-0.25, -0.2) is 0 Å². The summed E-state index contributed by atoms with van der Waals surface area (Å²) in [5.41, 5.74) is -0.219. The van der Waals surface area contributed by atoms with Gasteiger partial charge in [-0.15, -0.1) is 11.3 Å². The highest BCUT2D eigenvalue weighted by Gasteiger charge is 2.22. The molecule has 5 heteroatoms. The van der Waals surface area contributed by atoms with Crippen LogP contribution in [0, 0.1) is 5.41 Å². The number of amides is 1. The fourth-order valence-electron chi connectivity index (χ4n) is 1.02. The molecule has 0 aliphatic rings. The van der Waals surface area contributed by atoms with Crippen molar-refractivity contribution < 1.29 is 9.90 Å². The van der Waals surface area contributed by atoms with E-state index in [9.17, 15) is 9.90 Å². The first-order valence-electron chi connectivity index (χ1n) is 5.02. The van der Waals surface area contributed by atoms with Crippen LogP contribution in [-0.4, -0.2) is 23.7 Å². The second kappa shape index (κ2) is 5.29. The fraction of sp³-hybridized carbons (Fsp3) is 0.545. The Bertz CT molecular complexity index is 370. The van der Waals surface area contributed by atoms with E-state index in [0.717, 1.165) is 3.79 Å². The molecule has 0 bridgehead atoms. The third-order valence-corrected chi connectivity index (χ3v) is 3.88. The summed E-state index contributed by atoms with van der Waals surface area (Å²) in [4.78, 5) is 12.3. The number of hydrogen-bond donors (Lipinski definition) is 2. The molecule has 0 saturated carbocycles. The van der Waals surface area contributed by atoms with E-state index in [1.807, 2.05) is 26.8 Å². The van der Waals surface area contributed by atoms with Crippen LogP contribution in [0.15, 0.2) is 15.9 Å². The number of carbonyl (C=O) groups excluding carboxylic acids is 1. The lowest BCUT2D eigenvalue weighted by Gasteiger charge is -2.25. The Morgan fingerprint density at radius 2 is 2.19 bits per heavy atom. The van der Waals surface area contributed by atoms with Crippen LogP contribution in [0.2, 0.25) is 0 Å². The number of nitrogens with one attached hydrogen (secondary N) is 1. The van der Waals surface area contributed by atoms with E-state index in [2.05, 4.69) is 21.2 Å². The van der Waals surface area contributed by atoms with Crippen molar-refractivity contribution in [1.29, 1.82) is 0 Å². The van der Waals surface area contributed by atoms with Crippen LogP contribution in [-0.2, 0) is 0 Å². The van der Waals surface area contributed by atoms with Gasteiger partial charge in [0.05, 0.1) is 14.8 Å². The van der Waals surface area contributed by atoms with Gasteiger partial charge in [-0.3, -0.25) is 4.79 Å². The summed E-state index contributed by atoms with van der Waals surface area (Å²) in [6.07, 6.45) is -0.542. The first-order chi connectivity index (χ1) is 7.30. The minimum atomic E-state index is -0.542. The van der Waals surface area contributed by atoms with Gasteiger partial charge in [0.1, 0.15) is 0 Å². The molecule has 1 aromatic heterocycles. The molecule has 1 rings (SSSR count). The molecule has 1 unspecified atom stereocenters. The number of carbonyl (C=O) groups is 1. The van der Waals surface area contributed by atoms with Crippen molar-refractivity contribution in [2.24, 2.45) is 5.41 Å². The second-order valence-corrected chi connectivity index (χ2v) is 7.16. The summed E-state index contributed by atoms with van der Waals surface area (Å²) >= 11 is 4.68. The van der Waals surface area contributed by atoms with Crippen molar-refractivity contribution >= 4 is 33.2 Å². The predicted octanol–water partition coefficient (Wildman–Crippen LogP) is 2.65. The maximum atomic E-state index is 11.7. The molecular formula is C11H16BrNO2S. The Morgan fingerprint density at radius 1 is 1.56 bits per heavy atom. The van der Waals surface area contributed by atoms with E-state index in [1.54, 1.807) is 6.07 Å². The van der Waals surface area contributed by atoms with Crippen molar-refractivity contribution in [2.75, 3.05) is 6.54 Å². The molecule has 1 heterocycles. The Balaban J connectivity index is 2.48. The smallest absolute Gasteiger partial charge is 0.261 e. The number of thiophene rings is 1. The van der Waals surface area contributed by atoms with Gasteiger partial charge < -0.3 is 10.4 Å². The zero-order chi connectivity index (χ0) is 12.3. The van der Waals surface area contributed by atoms with Gasteiger partial charge in [-0.1, -0.05) is 20.8 Å². The van der Waals surface area contributed by atoms with Crippen LogP contribution in [0.25, 0.3) is 0 Å². The van der Waals surface area contributed by atoms with Crippen molar-refractivity contribution in [2.45, 2.75) is 26.9 Å². The quantitative estimate of drug-likeness (QED) is 0.902. The first kappa shape index (κ1) is 13.7. The first-order valence-corrected chi connectivity index (χ1v) is 6.63. The van der Waals surface area contributed by atoms with Crippen LogP contribution < -0.4 is 5.32 Å². The molecule has 0 saturated heterocycles. The van der Waals surface area contributed by atoms with Gasteiger partial charge >= 0.3 is 0 Å². The minimum Gasteiger partial charge on any atom is -0.391 e. The van der Waals surface area contributed by atoms with E-state index in [4.69, 9.17) is 0 Å². The Labute approximate surface area is 108 Å². The summed E-state index contributed by atoms with van der Waals surface area (Å²) in [6, 6.07) is 3.59. The molecule has 16 heavy (non-hydrogen) atoms. The van der Waals surface area contributed by atoms with E-state index >= 15 is 0 Å².